The van der Waals surface area contributed by atoms with E-state index in [2.05, 4.69) is 41.5 Å². The molecule has 2 atom stereocenters. The van der Waals surface area contributed by atoms with Crippen LogP contribution in [0.4, 0.5) is 0 Å². The maximum atomic E-state index is 12.6. The summed E-state index contributed by atoms with van der Waals surface area (Å²) in [7, 11) is 0. The minimum absolute atomic E-state index is 0.0789. The van der Waals surface area contributed by atoms with Crippen molar-refractivity contribution in [2.45, 2.75) is 64.9 Å². The summed E-state index contributed by atoms with van der Waals surface area (Å²) in [6, 6.07) is 0. The maximum absolute atomic E-state index is 12.6. The second-order valence-electron chi connectivity index (χ2n) is 9.90. The molecule has 2 heterocycles. The number of hydrogen-bond donors (Lipinski definition) is 0. The van der Waals surface area contributed by atoms with Crippen LogP contribution in [0.3, 0.4) is 0 Å². The fourth-order valence-electron chi connectivity index (χ4n) is 2.94. The summed E-state index contributed by atoms with van der Waals surface area (Å²) in [6.07, 6.45) is 0.400. The van der Waals surface area contributed by atoms with Crippen molar-refractivity contribution in [1.82, 2.24) is 9.80 Å². The lowest BCUT2D eigenvalue weighted by Crippen LogP contribution is -2.41. The number of hydrogen-bond acceptors (Lipinski definition) is 6. The van der Waals surface area contributed by atoms with Gasteiger partial charge < -0.3 is 0 Å². The summed E-state index contributed by atoms with van der Waals surface area (Å²) in [5.74, 6) is 0.762. The maximum Gasteiger partial charge on any atom is 0.242 e. The van der Waals surface area contributed by atoms with Crippen LogP contribution in [-0.2, 0) is 19.2 Å². The van der Waals surface area contributed by atoms with E-state index < -0.39 is 0 Å². The van der Waals surface area contributed by atoms with E-state index in [-0.39, 0.29) is 70.9 Å². The first-order chi connectivity index (χ1) is 12.8. The zero-order valence-corrected chi connectivity index (χ0v) is 19.4. The van der Waals surface area contributed by atoms with Crippen LogP contribution in [0.15, 0.2) is 0 Å². The van der Waals surface area contributed by atoms with Crippen molar-refractivity contribution in [1.29, 1.82) is 0 Å². The summed E-state index contributed by atoms with van der Waals surface area (Å²) in [4.78, 5) is 52.1. The highest BCUT2D eigenvalue weighted by Gasteiger charge is 2.42. The summed E-state index contributed by atoms with van der Waals surface area (Å²) >= 11 is 3.02. The van der Waals surface area contributed by atoms with Crippen molar-refractivity contribution in [3.63, 3.8) is 0 Å². The Morgan fingerprint density at radius 1 is 0.714 bits per heavy atom. The van der Waals surface area contributed by atoms with Crippen molar-refractivity contribution in [3.8, 4) is 0 Å². The Hall–Kier alpha value is -1.02. The molecular formula is C20H32N2O4S2. The number of carbonyl (C=O) groups excluding carboxylic acids is 4. The molecule has 2 unspecified atom stereocenters. The molecule has 2 saturated heterocycles. The normalized spacial score (nSPS) is 24.1. The summed E-state index contributed by atoms with van der Waals surface area (Å²) < 4.78 is 0. The van der Waals surface area contributed by atoms with E-state index in [1.165, 1.54) is 33.3 Å². The lowest BCUT2D eigenvalue weighted by atomic mass is 10.0. The van der Waals surface area contributed by atoms with E-state index in [4.69, 9.17) is 0 Å². The third-order valence-corrected chi connectivity index (χ3v) is 7.99. The molecule has 0 bridgehead atoms. The molecule has 2 aliphatic heterocycles. The Morgan fingerprint density at radius 2 is 1.04 bits per heavy atom. The van der Waals surface area contributed by atoms with Crippen LogP contribution in [0.25, 0.3) is 0 Å². The van der Waals surface area contributed by atoms with Crippen molar-refractivity contribution in [2.24, 2.45) is 10.8 Å². The third-order valence-electron chi connectivity index (χ3n) is 4.39. The Morgan fingerprint density at radius 3 is 1.32 bits per heavy atom. The standard InChI is InChI=1S/C20H32N2O4S2/c1-19(2,3)11-27-13-9-15(23)21(17(13)25)7-8-22-16(24)10-14(18(22)26)28-12-20(4,5)6/h13-14H,7-12H2,1-6H3. The van der Waals surface area contributed by atoms with E-state index >= 15 is 0 Å². The predicted octanol–water partition coefficient (Wildman–Crippen LogP) is 2.80. The van der Waals surface area contributed by atoms with Crippen molar-refractivity contribution in [3.05, 3.63) is 0 Å². The molecule has 158 valence electrons. The number of carbonyl (C=O) groups is 4. The second-order valence-corrected chi connectivity index (χ2v) is 12.3. The third kappa shape index (κ3) is 6.24. The largest absolute Gasteiger partial charge is 0.280 e. The van der Waals surface area contributed by atoms with E-state index in [0.717, 1.165) is 11.5 Å². The highest BCUT2D eigenvalue weighted by Crippen LogP contribution is 2.32. The molecule has 0 radical (unpaired) electrons. The molecular weight excluding hydrogens is 396 g/mol. The summed E-state index contributed by atoms with van der Waals surface area (Å²) in [5, 5.41) is -0.710. The van der Waals surface area contributed by atoms with Gasteiger partial charge in [-0.05, 0) is 22.3 Å². The molecule has 0 aromatic carbocycles. The molecule has 0 spiro atoms. The summed E-state index contributed by atoms with van der Waals surface area (Å²) in [5.41, 5.74) is 0.158. The van der Waals surface area contributed by atoms with Crippen molar-refractivity contribution >= 4 is 47.2 Å². The van der Waals surface area contributed by atoms with Gasteiger partial charge in [-0.1, -0.05) is 41.5 Å². The quantitative estimate of drug-likeness (QED) is 0.581. The molecule has 2 aliphatic rings. The molecule has 6 nitrogen and oxygen atoms in total. The Bertz CT molecular complexity index is 596. The first-order valence-corrected chi connectivity index (χ1v) is 11.8. The van der Waals surface area contributed by atoms with Gasteiger partial charge in [-0.15, -0.1) is 23.5 Å². The first kappa shape index (κ1) is 23.3. The molecule has 0 aromatic rings. The van der Waals surface area contributed by atoms with Gasteiger partial charge in [0, 0.05) is 25.9 Å². The highest BCUT2D eigenvalue weighted by atomic mass is 32.2. The van der Waals surface area contributed by atoms with E-state index in [1.807, 2.05) is 0 Å². The van der Waals surface area contributed by atoms with Crippen LogP contribution in [0.1, 0.15) is 54.4 Å². The molecule has 2 rings (SSSR count). The number of thioether (sulfide) groups is 2. The second kappa shape index (κ2) is 8.78. The smallest absolute Gasteiger partial charge is 0.242 e. The van der Waals surface area contributed by atoms with Gasteiger partial charge in [0.25, 0.3) is 0 Å². The zero-order valence-electron chi connectivity index (χ0n) is 17.7. The minimum atomic E-state index is -0.355. The van der Waals surface area contributed by atoms with Gasteiger partial charge >= 0.3 is 0 Å². The van der Waals surface area contributed by atoms with E-state index in [9.17, 15) is 19.2 Å². The van der Waals surface area contributed by atoms with Crippen molar-refractivity contribution in [2.75, 3.05) is 24.6 Å². The van der Waals surface area contributed by atoms with E-state index in [0.29, 0.717) is 0 Å². The highest BCUT2D eigenvalue weighted by molar-refractivity contribution is 8.00. The molecule has 2 fully saturated rings. The topological polar surface area (TPSA) is 74.8 Å². The van der Waals surface area contributed by atoms with Crippen LogP contribution in [0.5, 0.6) is 0 Å². The molecule has 28 heavy (non-hydrogen) atoms. The fraction of sp³-hybridized carbons (Fsp3) is 0.800. The predicted molar refractivity (Wildman–Crippen MR) is 114 cm³/mol. The zero-order chi connectivity index (χ0) is 21.3. The minimum Gasteiger partial charge on any atom is -0.280 e. The number of amides is 4. The van der Waals surface area contributed by atoms with Crippen LogP contribution in [0, 0.1) is 10.8 Å². The lowest BCUT2D eigenvalue weighted by Gasteiger charge is -2.22. The number of nitrogens with zero attached hydrogens (tertiary/aromatic N) is 2. The Balaban J connectivity index is 1.89. The molecule has 8 heteroatoms. The van der Waals surface area contributed by atoms with Gasteiger partial charge in [0.1, 0.15) is 0 Å². The van der Waals surface area contributed by atoms with Gasteiger partial charge in [-0.3, -0.25) is 29.0 Å². The molecule has 0 saturated carbocycles. The Kier molecular flexibility index (Phi) is 7.29. The Labute approximate surface area is 176 Å². The van der Waals surface area contributed by atoms with Crippen LogP contribution >= 0.6 is 23.5 Å². The van der Waals surface area contributed by atoms with Gasteiger partial charge in [0.2, 0.25) is 23.6 Å². The molecule has 0 aromatic heterocycles. The van der Waals surface area contributed by atoms with Gasteiger partial charge in [-0.25, -0.2) is 0 Å². The molecule has 0 N–H and O–H groups in total. The van der Waals surface area contributed by atoms with Gasteiger partial charge in [-0.2, -0.15) is 0 Å². The lowest BCUT2D eigenvalue weighted by molar-refractivity contribution is -0.143. The monoisotopic (exact) mass is 428 g/mol. The van der Waals surface area contributed by atoms with Crippen molar-refractivity contribution < 1.29 is 19.2 Å². The van der Waals surface area contributed by atoms with Crippen LogP contribution < -0.4 is 0 Å². The van der Waals surface area contributed by atoms with Gasteiger partial charge in [0.05, 0.1) is 10.5 Å². The van der Waals surface area contributed by atoms with Crippen LogP contribution in [0.2, 0.25) is 0 Å². The summed E-state index contributed by atoms with van der Waals surface area (Å²) in [6.45, 7) is 12.8. The average Bonchev–Trinajstić information content (AvgIpc) is 2.97. The number of likely N-dealkylation sites (tertiary alicyclic amines) is 2. The fourth-order valence-corrected chi connectivity index (χ4v) is 5.40. The van der Waals surface area contributed by atoms with E-state index in [1.54, 1.807) is 0 Å². The van der Waals surface area contributed by atoms with Gasteiger partial charge in [0.15, 0.2) is 0 Å². The first-order valence-electron chi connectivity index (χ1n) is 9.70. The molecule has 4 amide bonds. The van der Waals surface area contributed by atoms with Crippen LogP contribution in [-0.4, -0.2) is 68.5 Å². The number of imide groups is 2. The number of rotatable bonds is 7. The SMILES string of the molecule is CC(C)(C)CSC1CC(=O)N(CCN2C(=O)CC(SCC(C)(C)C)C2=O)C1=O. The molecule has 0 aliphatic carbocycles. The average molecular weight is 429 g/mol.